The summed E-state index contributed by atoms with van der Waals surface area (Å²) >= 11 is 0. The molecule has 1 heterocycles. The zero-order valence-electron chi connectivity index (χ0n) is 10.1. The molecule has 0 saturated heterocycles. The number of phenolic OH excluding ortho intramolecular Hbond substituents is 1. The smallest absolute Gasteiger partial charge is 0.251 e. The molecule has 0 fully saturated rings. The number of aromatic amines is 1. The van der Waals surface area contributed by atoms with Gasteiger partial charge in [-0.15, -0.1) is 0 Å². The number of imidazole rings is 1. The first-order valence-electron chi connectivity index (χ1n) is 5.72. The lowest BCUT2D eigenvalue weighted by Gasteiger charge is -2.06. The molecule has 1 aromatic heterocycles. The van der Waals surface area contributed by atoms with E-state index in [0.717, 1.165) is 11.3 Å². The van der Waals surface area contributed by atoms with Gasteiger partial charge in [0.1, 0.15) is 5.75 Å². The third-order valence-electron chi connectivity index (χ3n) is 2.71. The Morgan fingerprint density at radius 2 is 2.33 bits per heavy atom. The van der Waals surface area contributed by atoms with Crippen molar-refractivity contribution in [3.63, 3.8) is 0 Å². The van der Waals surface area contributed by atoms with Gasteiger partial charge >= 0.3 is 0 Å². The predicted molar refractivity (Wildman–Crippen MR) is 67.5 cm³/mol. The van der Waals surface area contributed by atoms with Gasteiger partial charge in [-0.1, -0.05) is 6.07 Å². The standard InChI is InChI=1S/C13H15N3O2/c1-9-2-3-10(6-12(9)17)13(18)15-5-4-11-7-14-8-16-11/h2-3,6-8,17H,4-5H2,1H3,(H,14,16)(H,15,18). The number of carbonyl (C=O) groups is 1. The molecule has 5 heteroatoms. The molecule has 2 aromatic rings. The number of aromatic nitrogens is 2. The third-order valence-corrected chi connectivity index (χ3v) is 2.71. The van der Waals surface area contributed by atoms with E-state index in [1.807, 2.05) is 0 Å². The van der Waals surface area contributed by atoms with Crippen molar-refractivity contribution in [2.45, 2.75) is 13.3 Å². The first-order chi connectivity index (χ1) is 8.66. The predicted octanol–water partition coefficient (Wildman–Crippen LogP) is 1.40. The number of carbonyl (C=O) groups excluding carboxylic acids is 1. The van der Waals surface area contributed by atoms with E-state index in [0.29, 0.717) is 18.5 Å². The van der Waals surface area contributed by atoms with Crippen molar-refractivity contribution >= 4 is 5.91 Å². The van der Waals surface area contributed by atoms with Crippen LogP contribution in [0.5, 0.6) is 5.75 Å². The van der Waals surface area contributed by atoms with Crippen molar-refractivity contribution in [1.82, 2.24) is 15.3 Å². The van der Waals surface area contributed by atoms with Gasteiger partial charge in [0.05, 0.1) is 6.33 Å². The molecule has 1 aromatic carbocycles. The van der Waals surface area contributed by atoms with E-state index in [2.05, 4.69) is 15.3 Å². The van der Waals surface area contributed by atoms with E-state index >= 15 is 0 Å². The van der Waals surface area contributed by atoms with Crippen LogP contribution in [0.4, 0.5) is 0 Å². The third kappa shape index (κ3) is 2.88. The molecule has 2 rings (SSSR count). The summed E-state index contributed by atoms with van der Waals surface area (Å²) in [6.45, 7) is 2.31. The summed E-state index contributed by atoms with van der Waals surface area (Å²) in [5.74, 6) is -0.0546. The molecular weight excluding hydrogens is 230 g/mol. The SMILES string of the molecule is Cc1ccc(C(=O)NCCc2cnc[nH]2)cc1O. The summed E-state index contributed by atoms with van der Waals surface area (Å²) < 4.78 is 0. The average Bonchev–Trinajstić information content (AvgIpc) is 2.85. The molecule has 5 nitrogen and oxygen atoms in total. The van der Waals surface area contributed by atoms with Gasteiger partial charge in [-0.25, -0.2) is 4.98 Å². The summed E-state index contributed by atoms with van der Waals surface area (Å²) in [7, 11) is 0. The largest absolute Gasteiger partial charge is 0.508 e. The first kappa shape index (κ1) is 12.2. The minimum Gasteiger partial charge on any atom is -0.508 e. The normalized spacial score (nSPS) is 10.3. The number of hydrogen-bond donors (Lipinski definition) is 3. The molecule has 18 heavy (non-hydrogen) atoms. The minimum absolute atomic E-state index is 0.135. The van der Waals surface area contributed by atoms with Gasteiger partial charge in [0.2, 0.25) is 0 Å². The van der Waals surface area contributed by atoms with Crippen LogP contribution < -0.4 is 5.32 Å². The molecule has 0 radical (unpaired) electrons. The molecule has 0 spiro atoms. The summed E-state index contributed by atoms with van der Waals surface area (Å²) in [6.07, 6.45) is 4.03. The fraction of sp³-hybridized carbons (Fsp3) is 0.231. The molecule has 0 bridgehead atoms. The summed E-state index contributed by atoms with van der Waals surface area (Å²) in [6, 6.07) is 4.89. The molecule has 0 unspecified atom stereocenters. The van der Waals surface area contributed by atoms with E-state index in [9.17, 15) is 9.90 Å². The molecule has 94 valence electrons. The molecule has 3 N–H and O–H groups in total. The van der Waals surface area contributed by atoms with Crippen molar-refractivity contribution in [2.75, 3.05) is 6.54 Å². The van der Waals surface area contributed by atoms with Gasteiger partial charge < -0.3 is 15.4 Å². The van der Waals surface area contributed by atoms with Gasteiger partial charge in [-0.3, -0.25) is 4.79 Å². The summed E-state index contributed by atoms with van der Waals surface area (Å²) in [5, 5.41) is 12.3. The van der Waals surface area contributed by atoms with Crippen LogP contribution in [0.2, 0.25) is 0 Å². The molecular formula is C13H15N3O2. The average molecular weight is 245 g/mol. The minimum atomic E-state index is -0.190. The monoisotopic (exact) mass is 245 g/mol. The highest BCUT2D eigenvalue weighted by molar-refractivity contribution is 5.94. The Hall–Kier alpha value is -2.30. The Morgan fingerprint density at radius 1 is 1.50 bits per heavy atom. The van der Waals surface area contributed by atoms with Crippen molar-refractivity contribution in [2.24, 2.45) is 0 Å². The molecule has 0 aliphatic rings. The maximum absolute atomic E-state index is 11.8. The highest BCUT2D eigenvalue weighted by atomic mass is 16.3. The number of hydrogen-bond acceptors (Lipinski definition) is 3. The lowest BCUT2D eigenvalue weighted by atomic mass is 10.1. The lowest BCUT2D eigenvalue weighted by molar-refractivity contribution is 0.0953. The van der Waals surface area contributed by atoms with Gasteiger partial charge in [0, 0.05) is 30.4 Å². The highest BCUT2D eigenvalue weighted by Crippen LogP contribution is 2.17. The number of nitrogens with zero attached hydrogens (tertiary/aromatic N) is 1. The number of aromatic hydroxyl groups is 1. The van der Waals surface area contributed by atoms with Crippen molar-refractivity contribution in [3.8, 4) is 5.75 Å². The van der Waals surface area contributed by atoms with E-state index in [-0.39, 0.29) is 11.7 Å². The van der Waals surface area contributed by atoms with E-state index in [4.69, 9.17) is 0 Å². The van der Waals surface area contributed by atoms with Gasteiger partial charge in [-0.2, -0.15) is 0 Å². The number of phenols is 1. The fourth-order valence-electron chi connectivity index (χ4n) is 1.58. The van der Waals surface area contributed by atoms with Crippen molar-refractivity contribution < 1.29 is 9.90 Å². The molecule has 0 saturated carbocycles. The first-order valence-corrected chi connectivity index (χ1v) is 5.72. The molecule has 0 atom stereocenters. The number of nitrogens with one attached hydrogen (secondary N) is 2. The van der Waals surface area contributed by atoms with E-state index in [1.54, 1.807) is 31.6 Å². The highest BCUT2D eigenvalue weighted by Gasteiger charge is 2.07. The second-order valence-corrected chi connectivity index (χ2v) is 4.08. The summed E-state index contributed by atoms with van der Waals surface area (Å²) in [5.41, 5.74) is 2.19. The van der Waals surface area contributed by atoms with Crippen molar-refractivity contribution in [3.05, 3.63) is 47.5 Å². The number of H-pyrrole nitrogens is 1. The van der Waals surface area contributed by atoms with Crippen LogP contribution in [-0.4, -0.2) is 27.5 Å². The molecule has 1 amide bonds. The quantitative estimate of drug-likeness (QED) is 0.761. The zero-order valence-corrected chi connectivity index (χ0v) is 10.1. The molecule has 0 aliphatic heterocycles. The Bertz CT molecular complexity index is 535. The maximum Gasteiger partial charge on any atom is 0.251 e. The van der Waals surface area contributed by atoms with Gasteiger partial charge in [0.15, 0.2) is 0 Å². The van der Waals surface area contributed by atoms with Crippen LogP contribution in [0.25, 0.3) is 0 Å². The maximum atomic E-state index is 11.8. The second-order valence-electron chi connectivity index (χ2n) is 4.08. The van der Waals surface area contributed by atoms with Crippen LogP contribution in [0.3, 0.4) is 0 Å². The van der Waals surface area contributed by atoms with Crippen molar-refractivity contribution in [1.29, 1.82) is 0 Å². The number of amides is 1. The Morgan fingerprint density at radius 3 is 3.00 bits per heavy atom. The summed E-state index contributed by atoms with van der Waals surface area (Å²) in [4.78, 5) is 18.7. The zero-order chi connectivity index (χ0) is 13.0. The van der Waals surface area contributed by atoms with Crippen LogP contribution >= 0.6 is 0 Å². The second kappa shape index (κ2) is 5.35. The van der Waals surface area contributed by atoms with Crippen LogP contribution in [0.1, 0.15) is 21.6 Å². The molecule has 0 aliphatic carbocycles. The van der Waals surface area contributed by atoms with E-state index in [1.165, 1.54) is 6.07 Å². The van der Waals surface area contributed by atoms with Gasteiger partial charge in [0.25, 0.3) is 5.91 Å². The Labute approximate surface area is 105 Å². The van der Waals surface area contributed by atoms with Crippen LogP contribution in [0, 0.1) is 6.92 Å². The van der Waals surface area contributed by atoms with Crippen LogP contribution in [-0.2, 0) is 6.42 Å². The van der Waals surface area contributed by atoms with E-state index < -0.39 is 0 Å². The lowest BCUT2D eigenvalue weighted by Crippen LogP contribution is -2.25. The number of benzene rings is 1. The fourth-order valence-corrected chi connectivity index (χ4v) is 1.58. The van der Waals surface area contributed by atoms with Gasteiger partial charge in [-0.05, 0) is 24.6 Å². The Balaban J connectivity index is 1.89. The number of rotatable bonds is 4. The Kier molecular flexibility index (Phi) is 3.62. The topological polar surface area (TPSA) is 78.0 Å². The van der Waals surface area contributed by atoms with Crippen LogP contribution in [0.15, 0.2) is 30.7 Å². The number of aryl methyl sites for hydroxylation is 1.